The highest BCUT2D eigenvalue weighted by atomic mass is 16.2. The van der Waals surface area contributed by atoms with E-state index in [-0.39, 0.29) is 12.5 Å². The summed E-state index contributed by atoms with van der Waals surface area (Å²) in [6.45, 7) is 1.03. The molecule has 124 valence electrons. The van der Waals surface area contributed by atoms with E-state index < -0.39 is 0 Å². The highest BCUT2D eigenvalue weighted by molar-refractivity contribution is 5.94. The minimum absolute atomic E-state index is 0.124. The lowest BCUT2D eigenvalue weighted by atomic mass is 10.4. The van der Waals surface area contributed by atoms with Crippen LogP contribution in [-0.4, -0.2) is 49.2 Å². The van der Waals surface area contributed by atoms with Gasteiger partial charge in [0.25, 0.3) is 0 Å². The smallest absolute Gasteiger partial charge is 0.245 e. The fourth-order valence-corrected chi connectivity index (χ4v) is 2.64. The van der Waals surface area contributed by atoms with Gasteiger partial charge in [-0.25, -0.2) is 19.6 Å². The number of amides is 1. The highest BCUT2D eigenvalue weighted by Crippen LogP contribution is 2.31. The third kappa shape index (κ3) is 2.92. The van der Waals surface area contributed by atoms with Crippen molar-refractivity contribution in [1.82, 2.24) is 29.7 Å². The van der Waals surface area contributed by atoms with Crippen LogP contribution in [0.5, 0.6) is 0 Å². The first-order valence-electron chi connectivity index (χ1n) is 7.87. The zero-order chi connectivity index (χ0) is 16.5. The number of imidazole rings is 1. The normalized spacial score (nSPS) is 14.0. The summed E-state index contributed by atoms with van der Waals surface area (Å²) in [6.07, 6.45) is 7.19. The second-order valence-corrected chi connectivity index (χ2v) is 6.04. The van der Waals surface area contributed by atoms with Crippen molar-refractivity contribution in [2.45, 2.75) is 19.4 Å². The van der Waals surface area contributed by atoms with E-state index >= 15 is 0 Å². The number of aromatic nitrogens is 6. The molecule has 0 bridgehead atoms. The summed E-state index contributed by atoms with van der Waals surface area (Å²) in [5.41, 5.74) is 1.29. The Bertz CT molecular complexity index is 865. The standard InChI is InChI=1S/C15H18N8O/c1-22(15-13-14(17-8-16-13)18-9-19-15)7-12(24)21-11-4-5-20-23(11)6-10-2-3-10/h4-5,8-10H,2-3,6-7H2,1H3,(H,21,24)(H,16,17,18,19). The molecule has 9 nitrogen and oxygen atoms in total. The maximum Gasteiger partial charge on any atom is 0.245 e. The Balaban J connectivity index is 1.44. The minimum atomic E-state index is -0.124. The Morgan fingerprint density at radius 1 is 1.42 bits per heavy atom. The number of hydrogen-bond donors (Lipinski definition) is 2. The van der Waals surface area contributed by atoms with Crippen LogP contribution in [0, 0.1) is 5.92 Å². The van der Waals surface area contributed by atoms with Gasteiger partial charge in [-0.15, -0.1) is 0 Å². The lowest BCUT2D eigenvalue weighted by Crippen LogP contribution is -2.31. The quantitative estimate of drug-likeness (QED) is 0.701. The maximum absolute atomic E-state index is 12.4. The van der Waals surface area contributed by atoms with E-state index in [4.69, 9.17) is 0 Å². The summed E-state index contributed by atoms with van der Waals surface area (Å²) in [7, 11) is 1.81. The molecule has 0 saturated heterocycles. The fourth-order valence-electron chi connectivity index (χ4n) is 2.64. The fraction of sp³-hybridized carbons (Fsp3) is 0.400. The zero-order valence-corrected chi connectivity index (χ0v) is 13.3. The van der Waals surface area contributed by atoms with Crippen molar-refractivity contribution >= 4 is 28.7 Å². The molecule has 0 aromatic carbocycles. The third-order valence-corrected chi connectivity index (χ3v) is 4.06. The first kappa shape index (κ1) is 14.6. The average Bonchev–Trinajstić information content (AvgIpc) is 3.06. The largest absolute Gasteiger partial charge is 0.348 e. The SMILES string of the molecule is CN(CC(=O)Nc1ccnn1CC1CC1)c1ncnc2nc[nH]c12. The molecule has 0 spiro atoms. The van der Waals surface area contributed by atoms with Gasteiger partial charge in [-0.2, -0.15) is 5.10 Å². The van der Waals surface area contributed by atoms with E-state index in [9.17, 15) is 4.79 Å². The minimum Gasteiger partial charge on any atom is -0.348 e. The van der Waals surface area contributed by atoms with Gasteiger partial charge >= 0.3 is 0 Å². The number of fused-ring (bicyclic) bond motifs is 1. The van der Waals surface area contributed by atoms with Crippen molar-refractivity contribution in [3.63, 3.8) is 0 Å². The summed E-state index contributed by atoms with van der Waals surface area (Å²) >= 11 is 0. The monoisotopic (exact) mass is 326 g/mol. The molecule has 9 heteroatoms. The number of aromatic amines is 1. The number of likely N-dealkylation sites (N-methyl/N-ethyl adjacent to an activating group) is 1. The molecule has 1 fully saturated rings. The van der Waals surface area contributed by atoms with Gasteiger partial charge < -0.3 is 15.2 Å². The van der Waals surface area contributed by atoms with Crippen LogP contribution in [0.3, 0.4) is 0 Å². The average molecular weight is 326 g/mol. The van der Waals surface area contributed by atoms with Crippen molar-refractivity contribution in [2.75, 3.05) is 23.8 Å². The number of carbonyl (C=O) groups excluding carboxylic acids is 1. The van der Waals surface area contributed by atoms with Crippen molar-refractivity contribution < 1.29 is 4.79 Å². The zero-order valence-electron chi connectivity index (χ0n) is 13.3. The molecule has 0 unspecified atom stereocenters. The van der Waals surface area contributed by atoms with Crippen LogP contribution in [-0.2, 0) is 11.3 Å². The van der Waals surface area contributed by atoms with Gasteiger partial charge in [0.05, 0.1) is 19.1 Å². The summed E-state index contributed by atoms with van der Waals surface area (Å²) in [5, 5.41) is 7.19. The van der Waals surface area contributed by atoms with Crippen molar-refractivity contribution in [2.24, 2.45) is 5.92 Å². The molecule has 3 heterocycles. The number of rotatable bonds is 6. The summed E-state index contributed by atoms with van der Waals surface area (Å²) in [5.74, 6) is 1.94. The number of nitrogens with zero attached hydrogens (tertiary/aromatic N) is 6. The first-order valence-corrected chi connectivity index (χ1v) is 7.87. The number of nitrogens with one attached hydrogen (secondary N) is 2. The first-order chi connectivity index (χ1) is 11.7. The van der Waals surface area contributed by atoms with E-state index in [1.165, 1.54) is 19.2 Å². The molecule has 24 heavy (non-hydrogen) atoms. The molecule has 0 atom stereocenters. The van der Waals surface area contributed by atoms with Crippen LogP contribution in [0.2, 0.25) is 0 Å². The van der Waals surface area contributed by atoms with Crippen LogP contribution in [0.1, 0.15) is 12.8 Å². The molecule has 1 aliphatic carbocycles. The predicted octanol–water partition coefficient (Wildman–Crippen LogP) is 1.03. The molecule has 4 rings (SSSR count). The molecule has 1 amide bonds. The van der Waals surface area contributed by atoms with Gasteiger partial charge in [-0.3, -0.25) is 4.79 Å². The Labute approximate surface area is 138 Å². The van der Waals surface area contributed by atoms with Gasteiger partial charge in [0.1, 0.15) is 17.7 Å². The third-order valence-electron chi connectivity index (χ3n) is 4.06. The highest BCUT2D eigenvalue weighted by Gasteiger charge is 2.23. The molecular formula is C15H18N8O. The Morgan fingerprint density at radius 3 is 3.12 bits per heavy atom. The summed E-state index contributed by atoms with van der Waals surface area (Å²) < 4.78 is 1.85. The summed E-state index contributed by atoms with van der Waals surface area (Å²) in [4.78, 5) is 29.5. The van der Waals surface area contributed by atoms with Gasteiger partial charge in [-0.1, -0.05) is 0 Å². The Kier molecular flexibility index (Phi) is 3.60. The second-order valence-electron chi connectivity index (χ2n) is 6.04. The lowest BCUT2D eigenvalue weighted by Gasteiger charge is -2.18. The molecule has 3 aromatic rings. The Hall–Kier alpha value is -2.97. The molecule has 1 aliphatic rings. The maximum atomic E-state index is 12.4. The van der Waals surface area contributed by atoms with Crippen LogP contribution < -0.4 is 10.2 Å². The van der Waals surface area contributed by atoms with Crippen LogP contribution in [0.4, 0.5) is 11.6 Å². The van der Waals surface area contributed by atoms with Crippen molar-refractivity contribution in [3.8, 4) is 0 Å². The number of hydrogen-bond acceptors (Lipinski definition) is 6. The van der Waals surface area contributed by atoms with Crippen LogP contribution in [0.15, 0.2) is 24.9 Å². The number of anilines is 2. The van der Waals surface area contributed by atoms with Crippen molar-refractivity contribution in [3.05, 3.63) is 24.9 Å². The molecule has 2 N–H and O–H groups in total. The summed E-state index contributed by atoms with van der Waals surface area (Å²) in [6, 6.07) is 1.82. The van der Waals surface area contributed by atoms with Gasteiger partial charge in [-0.05, 0) is 18.8 Å². The van der Waals surface area contributed by atoms with Gasteiger partial charge in [0.2, 0.25) is 5.91 Å². The molecule has 3 aromatic heterocycles. The van der Waals surface area contributed by atoms with E-state index in [1.807, 2.05) is 17.8 Å². The predicted molar refractivity (Wildman–Crippen MR) is 88.5 cm³/mol. The lowest BCUT2D eigenvalue weighted by molar-refractivity contribution is -0.115. The second kappa shape index (κ2) is 5.91. The Morgan fingerprint density at radius 2 is 2.29 bits per heavy atom. The topological polar surface area (TPSA) is 105 Å². The molecule has 0 aliphatic heterocycles. The molecule has 0 radical (unpaired) electrons. The molecular weight excluding hydrogens is 308 g/mol. The van der Waals surface area contributed by atoms with Gasteiger partial charge in [0.15, 0.2) is 11.5 Å². The van der Waals surface area contributed by atoms with Crippen LogP contribution >= 0.6 is 0 Å². The van der Waals surface area contributed by atoms with E-state index in [2.05, 4.69) is 30.4 Å². The molecule has 1 saturated carbocycles. The number of carbonyl (C=O) groups is 1. The van der Waals surface area contributed by atoms with Gasteiger partial charge in [0, 0.05) is 19.7 Å². The van der Waals surface area contributed by atoms with Crippen LogP contribution in [0.25, 0.3) is 11.2 Å². The van der Waals surface area contributed by atoms with E-state index in [1.54, 1.807) is 17.4 Å². The van der Waals surface area contributed by atoms with Crippen molar-refractivity contribution in [1.29, 1.82) is 0 Å². The van der Waals surface area contributed by atoms with E-state index in [0.29, 0.717) is 22.9 Å². The van der Waals surface area contributed by atoms with E-state index in [0.717, 1.165) is 12.4 Å². The number of H-pyrrole nitrogens is 1.